The van der Waals surface area contributed by atoms with E-state index in [-0.39, 0.29) is 0 Å². The van der Waals surface area contributed by atoms with E-state index in [0.29, 0.717) is 24.8 Å². The van der Waals surface area contributed by atoms with Gasteiger partial charge in [-0.25, -0.2) is 0 Å². The fourth-order valence-corrected chi connectivity index (χ4v) is 2.42. The smallest absolute Gasteiger partial charge is 0.119 e. The molecule has 0 aliphatic carbocycles. The van der Waals surface area contributed by atoms with Crippen LogP contribution in [0, 0.1) is 23.7 Å². The van der Waals surface area contributed by atoms with Gasteiger partial charge < -0.3 is 4.74 Å². The van der Waals surface area contributed by atoms with Gasteiger partial charge in [-0.05, 0) is 55.8 Å². The number of hydrogen-bond donors (Lipinski definition) is 0. The fraction of sp³-hybridized carbons (Fsp3) is 0.286. The molecule has 2 aromatic carbocycles. The fourth-order valence-electron chi connectivity index (χ4n) is 2.42. The van der Waals surface area contributed by atoms with Gasteiger partial charge in [0, 0.05) is 6.04 Å². The van der Waals surface area contributed by atoms with Crippen molar-refractivity contribution in [1.29, 1.82) is 5.26 Å². The average Bonchev–Trinajstić information content (AvgIpc) is 2.61. The number of nitrogens with zero attached hydrogens (tertiary/aromatic N) is 2. The van der Waals surface area contributed by atoms with Crippen LogP contribution in [0.5, 0.6) is 5.75 Å². The Labute approximate surface area is 144 Å². The third-order valence-electron chi connectivity index (χ3n) is 4.01. The predicted molar refractivity (Wildman–Crippen MR) is 96.6 cm³/mol. The summed E-state index contributed by atoms with van der Waals surface area (Å²) in [5, 5.41) is 8.92. The molecule has 0 amide bonds. The van der Waals surface area contributed by atoms with Gasteiger partial charge in [-0.15, -0.1) is 6.42 Å². The van der Waals surface area contributed by atoms with Crippen LogP contribution in [0.2, 0.25) is 0 Å². The topological polar surface area (TPSA) is 36.3 Å². The Balaban J connectivity index is 1.90. The van der Waals surface area contributed by atoms with Crippen LogP contribution in [0.25, 0.3) is 0 Å². The van der Waals surface area contributed by atoms with Gasteiger partial charge in [-0.3, -0.25) is 4.90 Å². The minimum atomic E-state index is 0.390. The highest BCUT2D eigenvalue weighted by Gasteiger charge is 2.08. The minimum Gasteiger partial charge on any atom is -0.489 e. The Morgan fingerprint density at radius 1 is 1.17 bits per heavy atom. The summed E-state index contributed by atoms with van der Waals surface area (Å²) in [4.78, 5) is 2.16. The second kappa shape index (κ2) is 8.77. The van der Waals surface area contributed by atoms with E-state index in [2.05, 4.69) is 35.9 Å². The molecule has 0 N–H and O–H groups in total. The normalized spacial score (nSPS) is 11.5. The monoisotopic (exact) mass is 318 g/mol. The van der Waals surface area contributed by atoms with Gasteiger partial charge in [0.05, 0.1) is 18.2 Å². The first-order chi connectivity index (χ1) is 11.6. The molecular weight excluding hydrogens is 296 g/mol. The molecule has 2 rings (SSSR count). The van der Waals surface area contributed by atoms with Crippen LogP contribution in [0.1, 0.15) is 23.6 Å². The quantitative estimate of drug-likeness (QED) is 0.731. The SMILES string of the molecule is C#CCN(C)C(C)Cc1ccc(OCc2cccc(C#N)c2)cc1. The van der Waals surface area contributed by atoms with Crippen molar-refractivity contribution in [2.45, 2.75) is 26.0 Å². The summed E-state index contributed by atoms with van der Waals surface area (Å²) in [5.74, 6) is 3.49. The standard InChI is InChI=1S/C21H22N2O/c1-4-12-23(3)17(2)13-18-8-10-21(11-9-18)24-16-20-7-5-6-19(14-20)15-22/h1,5-11,14,17H,12-13,16H2,2-3H3. The zero-order valence-corrected chi connectivity index (χ0v) is 14.2. The first kappa shape index (κ1) is 17.6. The first-order valence-electron chi connectivity index (χ1n) is 7.97. The molecular formula is C21H22N2O. The molecule has 3 heteroatoms. The van der Waals surface area contributed by atoms with Gasteiger partial charge in [-0.2, -0.15) is 5.26 Å². The highest BCUT2D eigenvalue weighted by atomic mass is 16.5. The highest BCUT2D eigenvalue weighted by molar-refractivity contribution is 5.33. The van der Waals surface area contributed by atoms with Crippen molar-refractivity contribution < 1.29 is 4.74 Å². The summed E-state index contributed by atoms with van der Waals surface area (Å²) in [5.41, 5.74) is 2.89. The molecule has 3 nitrogen and oxygen atoms in total. The number of benzene rings is 2. The number of likely N-dealkylation sites (N-methyl/N-ethyl adjacent to an activating group) is 1. The first-order valence-corrected chi connectivity index (χ1v) is 7.97. The maximum absolute atomic E-state index is 8.92. The van der Waals surface area contributed by atoms with E-state index >= 15 is 0 Å². The van der Waals surface area contributed by atoms with E-state index in [1.165, 1.54) is 5.56 Å². The molecule has 2 aromatic rings. The number of terminal acetylenes is 1. The lowest BCUT2D eigenvalue weighted by Crippen LogP contribution is -2.31. The molecule has 1 atom stereocenters. The van der Waals surface area contributed by atoms with Gasteiger partial charge in [0.1, 0.15) is 12.4 Å². The van der Waals surface area contributed by atoms with E-state index < -0.39 is 0 Å². The average molecular weight is 318 g/mol. The van der Waals surface area contributed by atoms with Gasteiger partial charge in [-0.1, -0.05) is 30.2 Å². The second-order valence-electron chi connectivity index (χ2n) is 5.92. The second-order valence-corrected chi connectivity index (χ2v) is 5.92. The Morgan fingerprint density at radius 3 is 2.58 bits per heavy atom. The van der Waals surface area contributed by atoms with E-state index in [4.69, 9.17) is 16.4 Å². The summed E-state index contributed by atoms with van der Waals surface area (Å²) in [6.45, 7) is 3.28. The zero-order valence-electron chi connectivity index (χ0n) is 14.2. The van der Waals surface area contributed by atoms with Gasteiger partial charge >= 0.3 is 0 Å². The Hall–Kier alpha value is -2.75. The van der Waals surface area contributed by atoms with Gasteiger partial charge in [0.15, 0.2) is 0 Å². The Kier molecular flexibility index (Phi) is 6.43. The maximum atomic E-state index is 8.92. The maximum Gasteiger partial charge on any atom is 0.119 e. The molecule has 0 saturated heterocycles. The lowest BCUT2D eigenvalue weighted by molar-refractivity contribution is 0.286. The van der Waals surface area contributed by atoms with Crippen molar-refractivity contribution in [3.8, 4) is 24.2 Å². The van der Waals surface area contributed by atoms with E-state index in [1.807, 2.05) is 37.4 Å². The zero-order chi connectivity index (χ0) is 17.4. The molecule has 0 aliphatic heterocycles. The van der Waals surface area contributed by atoms with Crippen molar-refractivity contribution in [2.24, 2.45) is 0 Å². The summed E-state index contributed by atoms with van der Waals surface area (Å²) in [7, 11) is 2.04. The highest BCUT2D eigenvalue weighted by Crippen LogP contribution is 2.16. The van der Waals surface area contributed by atoms with Crippen LogP contribution in [-0.4, -0.2) is 24.5 Å². The lowest BCUT2D eigenvalue weighted by Gasteiger charge is -2.22. The van der Waals surface area contributed by atoms with Gasteiger partial charge in [0.2, 0.25) is 0 Å². The molecule has 0 spiro atoms. The van der Waals surface area contributed by atoms with Crippen molar-refractivity contribution in [3.05, 3.63) is 65.2 Å². The third-order valence-corrected chi connectivity index (χ3v) is 4.01. The van der Waals surface area contributed by atoms with Gasteiger partial charge in [0.25, 0.3) is 0 Å². The summed E-state index contributed by atoms with van der Waals surface area (Å²) < 4.78 is 5.79. The largest absolute Gasteiger partial charge is 0.489 e. The molecule has 24 heavy (non-hydrogen) atoms. The van der Waals surface area contributed by atoms with Crippen LogP contribution >= 0.6 is 0 Å². The molecule has 1 unspecified atom stereocenters. The van der Waals surface area contributed by atoms with Crippen LogP contribution in [0.4, 0.5) is 0 Å². The number of rotatable bonds is 7. The Morgan fingerprint density at radius 2 is 1.92 bits per heavy atom. The van der Waals surface area contributed by atoms with Crippen LogP contribution in [-0.2, 0) is 13.0 Å². The van der Waals surface area contributed by atoms with Crippen molar-refractivity contribution in [2.75, 3.05) is 13.6 Å². The minimum absolute atomic E-state index is 0.390. The van der Waals surface area contributed by atoms with Crippen molar-refractivity contribution in [3.63, 3.8) is 0 Å². The van der Waals surface area contributed by atoms with Crippen LogP contribution in [0.15, 0.2) is 48.5 Å². The number of nitriles is 1. The summed E-state index contributed by atoms with van der Waals surface area (Å²) in [6, 6.07) is 18.1. The Bertz CT molecular complexity index is 738. The summed E-state index contributed by atoms with van der Waals surface area (Å²) >= 11 is 0. The number of hydrogen-bond acceptors (Lipinski definition) is 3. The molecule has 0 aromatic heterocycles. The van der Waals surface area contributed by atoms with E-state index in [9.17, 15) is 0 Å². The predicted octanol–water partition coefficient (Wildman–Crippen LogP) is 3.63. The van der Waals surface area contributed by atoms with Crippen molar-refractivity contribution >= 4 is 0 Å². The summed E-state index contributed by atoms with van der Waals surface area (Å²) in [6.07, 6.45) is 6.30. The molecule has 0 bridgehead atoms. The van der Waals surface area contributed by atoms with E-state index in [0.717, 1.165) is 17.7 Å². The molecule has 0 heterocycles. The molecule has 0 fully saturated rings. The van der Waals surface area contributed by atoms with Crippen LogP contribution < -0.4 is 4.74 Å². The molecule has 0 saturated carbocycles. The van der Waals surface area contributed by atoms with Crippen LogP contribution in [0.3, 0.4) is 0 Å². The lowest BCUT2D eigenvalue weighted by atomic mass is 10.1. The molecule has 0 radical (unpaired) electrons. The number of ether oxygens (including phenoxy) is 1. The molecule has 0 aliphatic rings. The third kappa shape index (κ3) is 5.16. The molecule has 122 valence electrons. The van der Waals surface area contributed by atoms with E-state index in [1.54, 1.807) is 6.07 Å². The van der Waals surface area contributed by atoms with Crippen molar-refractivity contribution in [1.82, 2.24) is 4.90 Å².